The maximum absolute atomic E-state index is 12.5. The number of para-hydroxylation sites is 1. The minimum Gasteiger partial charge on any atom is -0.440 e. The number of benzene rings is 1. The van der Waals surface area contributed by atoms with E-state index in [1.165, 1.54) is 0 Å². The molecule has 0 saturated carbocycles. The van der Waals surface area contributed by atoms with Gasteiger partial charge in [-0.1, -0.05) is 18.2 Å². The maximum atomic E-state index is 12.5. The molecule has 4 aromatic rings. The van der Waals surface area contributed by atoms with Crippen molar-refractivity contribution in [2.45, 2.75) is 13.5 Å². The molecule has 6 heteroatoms. The Morgan fingerprint density at radius 3 is 2.91 bits per heavy atom. The molecule has 0 unspecified atom stereocenters. The molecule has 0 aliphatic rings. The van der Waals surface area contributed by atoms with E-state index < -0.39 is 0 Å². The van der Waals surface area contributed by atoms with Gasteiger partial charge in [0.25, 0.3) is 5.56 Å². The Morgan fingerprint density at radius 1 is 1.22 bits per heavy atom. The number of hydrogen-bond acceptors (Lipinski definition) is 5. The monoisotopic (exact) mass is 323 g/mol. The van der Waals surface area contributed by atoms with E-state index in [1.54, 1.807) is 28.3 Å². The molecule has 0 fully saturated rings. The van der Waals surface area contributed by atoms with Crippen LogP contribution >= 0.6 is 11.3 Å². The third-order valence-electron chi connectivity index (χ3n) is 3.68. The summed E-state index contributed by atoms with van der Waals surface area (Å²) in [4.78, 5) is 22.4. The average molecular weight is 323 g/mol. The fourth-order valence-electron chi connectivity index (χ4n) is 2.46. The van der Waals surface area contributed by atoms with E-state index in [0.717, 1.165) is 10.6 Å². The first-order chi connectivity index (χ1) is 11.2. The maximum Gasteiger partial charge on any atom is 0.261 e. The molecule has 4 rings (SSSR count). The minimum absolute atomic E-state index is 0.0735. The number of thiophene rings is 1. The Bertz CT molecular complexity index is 1030. The quantitative estimate of drug-likeness (QED) is 0.579. The molecule has 0 amide bonds. The van der Waals surface area contributed by atoms with Gasteiger partial charge in [0.05, 0.1) is 28.7 Å². The van der Waals surface area contributed by atoms with Crippen molar-refractivity contribution >= 4 is 22.2 Å². The molecule has 0 bridgehead atoms. The summed E-state index contributed by atoms with van der Waals surface area (Å²) in [6.45, 7) is 2.20. The smallest absolute Gasteiger partial charge is 0.261 e. The fraction of sp³-hybridized carbons (Fsp3) is 0.118. The fourth-order valence-corrected chi connectivity index (χ4v) is 3.11. The van der Waals surface area contributed by atoms with E-state index in [0.29, 0.717) is 29.1 Å². The van der Waals surface area contributed by atoms with Crippen LogP contribution in [0.3, 0.4) is 0 Å². The molecule has 23 heavy (non-hydrogen) atoms. The van der Waals surface area contributed by atoms with E-state index in [-0.39, 0.29) is 5.56 Å². The average Bonchev–Trinajstić information content (AvgIpc) is 3.21. The van der Waals surface area contributed by atoms with E-state index in [4.69, 9.17) is 4.42 Å². The van der Waals surface area contributed by atoms with Crippen LogP contribution in [0.4, 0.5) is 0 Å². The number of fused-ring (bicyclic) bond motifs is 1. The van der Waals surface area contributed by atoms with Crippen LogP contribution in [0.1, 0.15) is 11.5 Å². The van der Waals surface area contributed by atoms with Crippen LogP contribution in [0.15, 0.2) is 57.3 Å². The number of rotatable bonds is 3. The van der Waals surface area contributed by atoms with Gasteiger partial charge in [0.15, 0.2) is 0 Å². The number of hydrogen-bond donors (Lipinski definition) is 0. The number of oxazole rings is 1. The van der Waals surface area contributed by atoms with Gasteiger partial charge in [-0.25, -0.2) is 9.97 Å². The topological polar surface area (TPSA) is 60.9 Å². The summed E-state index contributed by atoms with van der Waals surface area (Å²) in [6, 6.07) is 11.2. The third kappa shape index (κ3) is 2.47. The van der Waals surface area contributed by atoms with E-state index in [9.17, 15) is 4.79 Å². The Hall–Kier alpha value is -2.73. The molecule has 0 spiro atoms. The Morgan fingerprint density at radius 2 is 2.09 bits per heavy atom. The largest absolute Gasteiger partial charge is 0.440 e. The first kappa shape index (κ1) is 13.9. The summed E-state index contributed by atoms with van der Waals surface area (Å²) < 4.78 is 7.28. The van der Waals surface area contributed by atoms with Gasteiger partial charge in [0.1, 0.15) is 11.5 Å². The zero-order valence-electron chi connectivity index (χ0n) is 12.4. The van der Waals surface area contributed by atoms with Gasteiger partial charge in [-0.15, -0.1) is 11.3 Å². The molecular formula is C17H13N3O2S. The highest BCUT2D eigenvalue weighted by atomic mass is 32.1. The second kappa shape index (κ2) is 5.48. The second-order valence-electron chi connectivity index (χ2n) is 5.19. The molecule has 5 nitrogen and oxygen atoms in total. The predicted molar refractivity (Wildman–Crippen MR) is 89.7 cm³/mol. The molecule has 0 aliphatic carbocycles. The first-order valence-electron chi connectivity index (χ1n) is 7.17. The van der Waals surface area contributed by atoms with Crippen molar-refractivity contribution in [1.82, 2.24) is 14.5 Å². The highest BCUT2D eigenvalue weighted by molar-refractivity contribution is 7.13. The van der Waals surface area contributed by atoms with Gasteiger partial charge in [-0.05, 0) is 30.5 Å². The van der Waals surface area contributed by atoms with Crippen LogP contribution < -0.4 is 5.56 Å². The van der Waals surface area contributed by atoms with Gasteiger partial charge in [0.2, 0.25) is 5.89 Å². The number of aromatic nitrogens is 3. The minimum atomic E-state index is -0.0735. The zero-order valence-corrected chi connectivity index (χ0v) is 13.2. The predicted octanol–water partition coefficient (Wildman–Crippen LogP) is 3.47. The van der Waals surface area contributed by atoms with E-state index >= 15 is 0 Å². The molecule has 0 radical (unpaired) electrons. The summed E-state index contributed by atoms with van der Waals surface area (Å²) >= 11 is 1.57. The molecule has 0 saturated heterocycles. The molecule has 1 aromatic carbocycles. The summed E-state index contributed by atoms with van der Waals surface area (Å²) in [5.41, 5.74) is 1.37. The van der Waals surface area contributed by atoms with Gasteiger partial charge in [-0.2, -0.15) is 0 Å². The number of aryl methyl sites for hydroxylation is 1. The molecule has 114 valence electrons. The standard InChI is InChI=1S/C17H13N3O2S/c1-11-14(19-16(22-11)15-7-4-8-23-15)9-20-10-18-13-6-3-2-5-12(13)17(20)21/h2-8,10H,9H2,1H3. The van der Waals surface area contributed by atoms with Crippen molar-refractivity contribution < 1.29 is 4.42 Å². The van der Waals surface area contributed by atoms with E-state index in [2.05, 4.69) is 9.97 Å². The molecule has 3 heterocycles. The molecule has 0 aliphatic heterocycles. The molecule has 3 aromatic heterocycles. The lowest BCUT2D eigenvalue weighted by Gasteiger charge is -2.04. The van der Waals surface area contributed by atoms with Crippen molar-refractivity contribution in [3.05, 3.63) is 69.9 Å². The lowest BCUT2D eigenvalue weighted by Crippen LogP contribution is -2.21. The highest BCUT2D eigenvalue weighted by Crippen LogP contribution is 2.26. The van der Waals surface area contributed by atoms with Crippen molar-refractivity contribution in [1.29, 1.82) is 0 Å². The summed E-state index contributed by atoms with van der Waals surface area (Å²) in [6.07, 6.45) is 1.56. The van der Waals surface area contributed by atoms with Gasteiger partial charge >= 0.3 is 0 Å². The van der Waals surface area contributed by atoms with Crippen LogP contribution in [0.25, 0.3) is 21.7 Å². The first-order valence-corrected chi connectivity index (χ1v) is 8.05. The molecular weight excluding hydrogens is 310 g/mol. The zero-order chi connectivity index (χ0) is 15.8. The molecule has 0 N–H and O–H groups in total. The van der Waals surface area contributed by atoms with Crippen molar-refractivity contribution in [2.24, 2.45) is 0 Å². The SMILES string of the molecule is Cc1oc(-c2cccs2)nc1Cn1cnc2ccccc2c1=O. The lowest BCUT2D eigenvalue weighted by atomic mass is 10.2. The van der Waals surface area contributed by atoms with Crippen LogP contribution in [-0.4, -0.2) is 14.5 Å². The Kier molecular flexibility index (Phi) is 3.31. The van der Waals surface area contributed by atoms with Crippen molar-refractivity contribution in [3.8, 4) is 10.8 Å². The van der Waals surface area contributed by atoms with Crippen LogP contribution in [0.2, 0.25) is 0 Å². The van der Waals surface area contributed by atoms with Gasteiger partial charge in [0, 0.05) is 0 Å². The van der Waals surface area contributed by atoms with Crippen molar-refractivity contribution in [3.63, 3.8) is 0 Å². The Labute approximate surface area is 135 Å². The highest BCUT2D eigenvalue weighted by Gasteiger charge is 2.13. The normalized spacial score (nSPS) is 11.2. The lowest BCUT2D eigenvalue weighted by molar-refractivity contribution is 0.538. The summed E-state index contributed by atoms with van der Waals surface area (Å²) in [5.74, 6) is 1.31. The van der Waals surface area contributed by atoms with Crippen LogP contribution in [0, 0.1) is 6.92 Å². The number of nitrogens with zero attached hydrogens (tertiary/aromatic N) is 3. The Balaban J connectivity index is 1.74. The summed E-state index contributed by atoms with van der Waals surface area (Å²) in [5, 5.41) is 2.58. The molecule has 0 atom stereocenters. The van der Waals surface area contributed by atoms with Gasteiger partial charge < -0.3 is 4.42 Å². The van der Waals surface area contributed by atoms with Crippen LogP contribution in [-0.2, 0) is 6.54 Å². The van der Waals surface area contributed by atoms with Crippen LogP contribution in [0.5, 0.6) is 0 Å². The van der Waals surface area contributed by atoms with Crippen molar-refractivity contribution in [2.75, 3.05) is 0 Å². The second-order valence-corrected chi connectivity index (χ2v) is 6.14. The van der Waals surface area contributed by atoms with Gasteiger partial charge in [-0.3, -0.25) is 9.36 Å². The van der Waals surface area contributed by atoms with E-state index in [1.807, 2.05) is 42.6 Å². The third-order valence-corrected chi connectivity index (χ3v) is 4.53. The summed E-state index contributed by atoms with van der Waals surface area (Å²) in [7, 11) is 0.